The van der Waals surface area contributed by atoms with Gasteiger partial charge in [-0.2, -0.15) is 0 Å². The molecule has 0 radical (unpaired) electrons. The van der Waals surface area contributed by atoms with Gasteiger partial charge in [0.05, 0.1) is 16.7 Å². The number of nitrogens with zero attached hydrogens (tertiary/aromatic N) is 1. The molecule has 10 heteroatoms. The molecule has 6 nitrogen and oxygen atoms in total. The molecule has 1 unspecified atom stereocenters. The van der Waals surface area contributed by atoms with Crippen molar-refractivity contribution in [3.63, 3.8) is 0 Å². The van der Waals surface area contributed by atoms with Crippen molar-refractivity contribution in [3.8, 4) is 11.5 Å². The molecule has 2 aromatic rings. The zero-order valence-electron chi connectivity index (χ0n) is 16.4. The van der Waals surface area contributed by atoms with Gasteiger partial charge in [0.2, 0.25) is 0 Å². The van der Waals surface area contributed by atoms with Crippen molar-refractivity contribution >= 4 is 58.1 Å². The number of carboxylic acid groups (broad SMARTS) is 1. The van der Waals surface area contributed by atoms with Crippen LogP contribution in [0.25, 0.3) is 0 Å². The molecule has 0 saturated heterocycles. The molecule has 0 bridgehead atoms. The van der Waals surface area contributed by atoms with Crippen molar-refractivity contribution in [2.24, 2.45) is 11.1 Å². The van der Waals surface area contributed by atoms with Gasteiger partial charge in [-0.1, -0.05) is 52.6 Å². The molecule has 0 aliphatic heterocycles. The summed E-state index contributed by atoms with van der Waals surface area (Å²) in [5.41, 5.74) is 0.715. The molecule has 1 N–H and O–H groups in total. The fourth-order valence-corrected chi connectivity index (χ4v) is 3.84. The number of halogens is 4. The van der Waals surface area contributed by atoms with E-state index in [0.29, 0.717) is 29.9 Å². The second-order valence-corrected chi connectivity index (χ2v) is 9.15. The van der Waals surface area contributed by atoms with Crippen LogP contribution in [0.3, 0.4) is 0 Å². The number of oxime groups is 1. The first-order valence-corrected chi connectivity index (χ1v) is 10.9. The highest BCUT2D eigenvalue weighted by molar-refractivity contribution is 6.50. The molecule has 1 aliphatic carbocycles. The van der Waals surface area contributed by atoms with Crippen LogP contribution < -0.4 is 9.47 Å². The van der Waals surface area contributed by atoms with Gasteiger partial charge in [0.15, 0.2) is 11.5 Å². The predicted octanol–water partition coefficient (Wildman–Crippen LogP) is 5.97. The summed E-state index contributed by atoms with van der Waals surface area (Å²) in [5, 5.41) is 13.7. The van der Waals surface area contributed by atoms with Gasteiger partial charge in [0, 0.05) is 23.6 Å². The fraction of sp³-hybridized carbons (Fsp3) is 0.333. The van der Waals surface area contributed by atoms with Crippen LogP contribution in [0.5, 0.6) is 11.5 Å². The molecular formula is C21H19Cl4NO5. The lowest BCUT2D eigenvalue weighted by Crippen LogP contribution is -2.18. The van der Waals surface area contributed by atoms with Crippen LogP contribution in [-0.4, -0.2) is 34.3 Å². The molecule has 31 heavy (non-hydrogen) atoms. The predicted molar refractivity (Wildman–Crippen MR) is 121 cm³/mol. The summed E-state index contributed by atoms with van der Waals surface area (Å²) in [4.78, 5) is 16.5. The highest BCUT2D eigenvalue weighted by atomic mass is 35.5. The summed E-state index contributed by atoms with van der Waals surface area (Å²) in [6.07, 6.45) is 0.670. The standard InChI is InChI=1S/C21H19Cl4NO5/c1-2-31-26-18(20(27)28)15-6-4-3-5-12(15)10-30-19-16(22)7-14(8-17(19)23)29-11-13-9-21(13,24)25/h3-8,13H,2,9-11H2,1H3,(H,27,28). The topological polar surface area (TPSA) is 77.4 Å². The van der Waals surface area contributed by atoms with Gasteiger partial charge < -0.3 is 19.4 Å². The van der Waals surface area contributed by atoms with Crippen LogP contribution in [-0.2, 0) is 16.2 Å². The van der Waals surface area contributed by atoms with E-state index in [2.05, 4.69) is 5.16 Å². The molecule has 0 aromatic heterocycles. The number of alkyl halides is 2. The van der Waals surface area contributed by atoms with E-state index in [9.17, 15) is 9.90 Å². The van der Waals surface area contributed by atoms with Crippen molar-refractivity contribution in [3.05, 3.63) is 57.6 Å². The van der Waals surface area contributed by atoms with Crippen LogP contribution >= 0.6 is 46.4 Å². The zero-order chi connectivity index (χ0) is 22.6. The van der Waals surface area contributed by atoms with Gasteiger partial charge in [-0.3, -0.25) is 0 Å². The Morgan fingerprint density at radius 2 is 1.84 bits per heavy atom. The van der Waals surface area contributed by atoms with Gasteiger partial charge in [0.25, 0.3) is 0 Å². The maximum absolute atomic E-state index is 11.6. The Bertz CT molecular complexity index is 972. The Hall–Kier alpha value is -1.86. The number of hydrogen-bond acceptors (Lipinski definition) is 5. The van der Waals surface area contributed by atoms with Crippen LogP contribution in [0, 0.1) is 5.92 Å². The Balaban J connectivity index is 1.73. The molecule has 166 valence electrons. The summed E-state index contributed by atoms with van der Waals surface area (Å²) < 4.78 is 10.7. The first kappa shape index (κ1) is 23.8. The van der Waals surface area contributed by atoms with E-state index in [0.717, 1.165) is 0 Å². The number of ether oxygens (including phenoxy) is 2. The van der Waals surface area contributed by atoms with Crippen LogP contribution in [0.15, 0.2) is 41.6 Å². The number of rotatable bonds is 10. The molecule has 1 atom stereocenters. The molecule has 0 heterocycles. The van der Waals surface area contributed by atoms with Crippen molar-refractivity contribution < 1.29 is 24.2 Å². The molecule has 1 fully saturated rings. The summed E-state index contributed by atoms with van der Waals surface area (Å²) in [6, 6.07) is 9.97. The van der Waals surface area contributed by atoms with E-state index >= 15 is 0 Å². The van der Waals surface area contributed by atoms with E-state index in [1.807, 2.05) is 0 Å². The second-order valence-electron chi connectivity index (χ2n) is 6.80. The summed E-state index contributed by atoms with van der Waals surface area (Å²) in [6.45, 7) is 2.32. The normalized spacial score (nSPS) is 17.2. The van der Waals surface area contributed by atoms with E-state index in [1.165, 1.54) is 0 Å². The molecule has 2 aromatic carbocycles. The van der Waals surface area contributed by atoms with Gasteiger partial charge in [-0.25, -0.2) is 4.79 Å². The molecular weight excluding hydrogens is 488 g/mol. The van der Waals surface area contributed by atoms with E-state index in [1.54, 1.807) is 43.3 Å². The second kappa shape index (κ2) is 10.2. The first-order chi connectivity index (χ1) is 14.7. The van der Waals surface area contributed by atoms with Crippen molar-refractivity contribution in [2.75, 3.05) is 13.2 Å². The Labute approximate surface area is 199 Å². The number of benzene rings is 2. The van der Waals surface area contributed by atoms with E-state index in [-0.39, 0.29) is 40.6 Å². The van der Waals surface area contributed by atoms with Crippen LogP contribution in [0.2, 0.25) is 10.0 Å². The average molecular weight is 507 g/mol. The summed E-state index contributed by atoms with van der Waals surface area (Å²) in [7, 11) is 0. The molecule has 0 spiro atoms. The van der Waals surface area contributed by atoms with Crippen molar-refractivity contribution in [1.29, 1.82) is 0 Å². The van der Waals surface area contributed by atoms with E-state index in [4.69, 9.17) is 60.7 Å². The smallest absolute Gasteiger partial charge is 0.358 e. The third kappa shape index (κ3) is 6.10. The summed E-state index contributed by atoms with van der Waals surface area (Å²) >= 11 is 24.7. The SMILES string of the molecule is CCON=C(C(=O)O)c1ccccc1COc1c(Cl)cc(OCC2CC2(Cl)Cl)cc1Cl. The van der Waals surface area contributed by atoms with Gasteiger partial charge in [-0.05, 0) is 18.9 Å². The lowest BCUT2D eigenvalue weighted by atomic mass is 10.0. The molecule has 0 amide bonds. The van der Waals surface area contributed by atoms with Crippen molar-refractivity contribution in [1.82, 2.24) is 0 Å². The lowest BCUT2D eigenvalue weighted by molar-refractivity contribution is -0.129. The number of aliphatic carboxylic acids is 1. The van der Waals surface area contributed by atoms with E-state index < -0.39 is 10.3 Å². The maximum atomic E-state index is 11.6. The Kier molecular flexibility index (Phi) is 7.81. The Morgan fingerprint density at radius 3 is 2.42 bits per heavy atom. The minimum Gasteiger partial charge on any atom is -0.493 e. The third-order valence-corrected chi connectivity index (χ3v) is 6.00. The number of hydrogen-bond donors (Lipinski definition) is 1. The number of carboxylic acids is 1. The van der Waals surface area contributed by atoms with Crippen LogP contribution in [0.4, 0.5) is 0 Å². The highest BCUT2D eigenvalue weighted by Crippen LogP contribution is 2.53. The number of carbonyl (C=O) groups is 1. The summed E-state index contributed by atoms with van der Waals surface area (Å²) in [5.74, 6) is -0.440. The zero-order valence-corrected chi connectivity index (χ0v) is 19.4. The minimum absolute atomic E-state index is 0.0112. The largest absolute Gasteiger partial charge is 0.493 e. The maximum Gasteiger partial charge on any atom is 0.358 e. The van der Waals surface area contributed by atoms with Crippen molar-refractivity contribution in [2.45, 2.75) is 24.3 Å². The van der Waals surface area contributed by atoms with Gasteiger partial charge in [-0.15, -0.1) is 23.2 Å². The van der Waals surface area contributed by atoms with Crippen LogP contribution in [0.1, 0.15) is 24.5 Å². The fourth-order valence-electron chi connectivity index (χ4n) is 2.76. The third-order valence-electron chi connectivity index (χ3n) is 4.51. The van der Waals surface area contributed by atoms with Gasteiger partial charge >= 0.3 is 5.97 Å². The lowest BCUT2D eigenvalue weighted by Gasteiger charge is -2.14. The Morgan fingerprint density at radius 1 is 1.19 bits per heavy atom. The minimum atomic E-state index is -1.22. The monoisotopic (exact) mass is 505 g/mol. The molecule has 1 saturated carbocycles. The van der Waals surface area contributed by atoms with Gasteiger partial charge in [0.1, 0.15) is 23.3 Å². The average Bonchev–Trinajstić information content (AvgIpc) is 3.33. The molecule has 3 rings (SSSR count). The quantitative estimate of drug-likeness (QED) is 0.244. The molecule has 1 aliphatic rings. The first-order valence-electron chi connectivity index (χ1n) is 9.37. The highest BCUT2D eigenvalue weighted by Gasteiger charge is 2.52.